The highest BCUT2D eigenvalue weighted by Gasteiger charge is 2.12. The van der Waals surface area contributed by atoms with Gasteiger partial charge in [-0.2, -0.15) is 0 Å². The fraction of sp³-hybridized carbons (Fsp3) is 0.667. The maximum atomic E-state index is 12.1. The van der Waals surface area contributed by atoms with E-state index in [1.54, 1.807) is 6.07 Å². The van der Waals surface area contributed by atoms with Crippen molar-refractivity contribution in [2.24, 2.45) is 5.92 Å². The van der Waals surface area contributed by atoms with Crippen molar-refractivity contribution in [3.63, 3.8) is 0 Å². The molecule has 0 saturated heterocycles. The van der Waals surface area contributed by atoms with Gasteiger partial charge in [0.2, 0.25) is 5.95 Å². The van der Waals surface area contributed by atoms with Gasteiger partial charge in [0.25, 0.3) is 5.91 Å². The van der Waals surface area contributed by atoms with E-state index in [-0.39, 0.29) is 5.91 Å². The van der Waals surface area contributed by atoms with Gasteiger partial charge in [0, 0.05) is 25.8 Å². The Hall–Kier alpha value is -1.65. The molecule has 0 fully saturated rings. The van der Waals surface area contributed by atoms with Crippen LogP contribution in [0, 0.1) is 12.8 Å². The molecule has 112 valence electrons. The van der Waals surface area contributed by atoms with E-state index in [0.29, 0.717) is 24.1 Å². The van der Waals surface area contributed by atoms with Crippen LogP contribution < -0.4 is 10.2 Å². The number of carbonyl (C=O) groups is 1. The molecule has 0 unspecified atom stereocenters. The third-order valence-electron chi connectivity index (χ3n) is 2.93. The number of hydrogen-bond donors (Lipinski definition) is 1. The Bertz CT molecular complexity index is 445. The van der Waals surface area contributed by atoms with Crippen molar-refractivity contribution in [2.45, 2.75) is 40.5 Å². The van der Waals surface area contributed by atoms with Gasteiger partial charge in [-0.1, -0.05) is 27.2 Å². The van der Waals surface area contributed by atoms with E-state index in [2.05, 4.69) is 36.1 Å². The Balaban J connectivity index is 2.82. The third kappa shape index (κ3) is 5.15. The molecule has 1 aromatic rings. The van der Waals surface area contributed by atoms with E-state index < -0.39 is 0 Å². The first-order chi connectivity index (χ1) is 9.43. The molecule has 20 heavy (non-hydrogen) atoms. The molecule has 0 bridgehead atoms. The number of aryl methyl sites for hydroxylation is 1. The first kappa shape index (κ1) is 16.4. The second-order valence-corrected chi connectivity index (χ2v) is 5.57. The number of nitrogens with zero attached hydrogens (tertiary/aromatic N) is 3. The number of unbranched alkanes of at least 4 members (excludes halogenated alkanes) is 1. The van der Waals surface area contributed by atoms with Crippen molar-refractivity contribution < 1.29 is 4.79 Å². The highest BCUT2D eigenvalue weighted by Crippen LogP contribution is 2.10. The molecule has 0 aromatic carbocycles. The van der Waals surface area contributed by atoms with Gasteiger partial charge in [0.05, 0.1) is 0 Å². The Morgan fingerprint density at radius 3 is 2.70 bits per heavy atom. The summed E-state index contributed by atoms with van der Waals surface area (Å²) in [5, 5.41) is 2.89. The molecule has 1 rings (SSSR count). The topological polar surface area (TPSA) is 58.1 Å². The van der Waals surface area contributed by atoms with Gasteiger partial charge in [-0.05, 0) is 25.3 Å². The maximum absolute atomic E-state index is 12.1. The van der Waals surface area contributed by atoms with Crippen molar-refractivity contribution >= 4 is 11.9 Å². The minimum atomic E-state index is -0.130. The average Bonchev–Trinajstić information content (AvgIpc) is 2.41. The highest BCUT2D eigenvalue weighted by molar-refractivity contribution is 5.92. The van der Waals surface area contributed by atoms with Crippen molar-refractivity contribution in [2.75, 3.05) is 25.0 Å². The molecule has 1 N–H and O–H groups in total. The van der Waals surface area contributed by atoms with Crippen LogP contribution in [0.2, 0.25) is 0 Å². The van der Waals surface area contributed by atoms with Gasteiger partial charge in [-0.25, -0.2) is 9.97 Å². The second-order valence-electron chi connectivity index (χ2n) is 5.57. The molecule has 1 amide bonds. The lowest BCUT2D eigenvalue weighted by molar-refractivity contribution is 0.0944. The summed E-state index contributed by atoms with van der Waals surface area (Å²) in [6.45, 7) is 9.72. The van der Waals surface area contributed by atoms with Gasteiger partial charge in [-0.15, -0.1) is 0 Å². The molecule has 0 saturated carbocycles. The predicted molar refractivity (Wildman–Crippen MR) is 82.1 cm³/mol. The number of aromatic nitrogens is 2. The fourth-order valence-electron chi connectivity index (χ4n) is 1.72. The molecule has 0 aliphatic heterocycles. The monoisotopic (exact) mass is 278 g/mol. The zero-order valence-corrected chi connectivity index (χ0v) is 13.2. The number of nitrogens with one attached hydrogen (secondary N) is 1. The SMILES string of the molecule is CCCCN(C)c1nc(C)cc(C(=O)NCC(C)C)n1. The minimum Gasteiger partial charge on any atom is -0.350 e. The number of carbonyl (C=O) groups excluding carboxylic acids is 1. The molecular formula is C15H26N4O. The van der Waals surface area contributed by atoms with Crippen molar-refractivity contribution in [3.8, 4) is 0 Å². The average molecular weight is 278 g/mol. The Morgan fingerprint density at radius 1 is 1.40 bits per heavy atom. The molecule has 0 aliphatic rings. The zero-order valence-electron chi connectivity index (χ0n) is 13.2. The first-order valence-electron chi connectivity index (χ1n) is 7.29. The standard InChI is InChI=1S/C15H26N4O/c1-6-7-8-19(5)15-17-12(4)9-13(18-15)14(20)16-10-11(2)3/h9,11H,6-8,10H2,1-5H3,(H,16,20). The summed E-state index contributed by atoms with van der Waals surface area (Å²) >= 11 is 0. The lowest BCUT2D eigenvalue weighted by Gasteiger charge is -2.17. The van der Waals surface area contributed by atoms with Gasteiger partial charge >= 0.3 is 0 Å². The van der Waals surface area contributed by atoms with Crippen LogP contribution in [0.5, 0.6) is 0 Å². The quantitative estimate of drug-likeness (QED) is 0.832. The van der Waals surface area contributed by atoms with Crippen LogP contribution in [0.4, 0.5) is 5.95 Å². The van der Waals surface area contributed by atoms with Crippen LogP contribution in [-0.4, -0.2) is 36.0 Å². The lowest BCUT2D eigenvalue weighted by atomic mass is 10.2. The first-order valence-corrected chi connectivity index (χ1v) is 7.29. The van der Waals surface area contributed by atoms with Crippen LogP contribution in [0.15, 0.2) is 6.07 Å². The summed E-state index contributed by atoms with van der Waals surface area (Å²) in [6.07, 6.45) is 2.21. The summed E-state index contributed by atoms with van der Waals surface area (Å²) in [6, 6.07) is 1.73. The molecule has 5 nitrogen and oxygen atoms in total. The molecule has 1 heterocycles. The van der Waals surface area contributed by atoms with E-state index in [1.807, 2.05) is 18.9 Å². The summed E-state index contributed by atoms with van der Waals surface area (Å²) in [5.41, 5.74) is 1.25. The van der Waals surface area contributed by atoms with E-state index in [1.165, 1.54) is 0 Å². The summed E-state index contributed by atoms with van der Waals surface area (Å²) in [4.78, 5) is 22.8. The van der Waals surface area contributed by atoms with Gasteiger partial charge in [0.1, 0.15) is 5.69 Å². The van der Waals surface area contributed by atoms with E-state index in [4.69, 9.17) is 0 Å². The third-order valence-corrected chi connectivity index (χ3v) is 2.93. The van der Waals surface area contributed by atoms with Gasteiger partial charge in [-0.3, -0.25) is 4.79 Å². The largest absolute Gasteiger partial charge is 0.350 e. The molecule has 0 spiro atoms. The van der Waals surface area contributed by atoms with Crippen LogP contribution in [0.3, 0.4) is 0 Å². The van der Waals surface area contributed by atoms with Gasteiger partial charge in [0.15, 0.2) is 0 Å². The van der Waals surface area contributed by atoms with E-state index >= 15 is 0 Å². The van der Waals surface area contributed by atoms with Crippen LogP contribution in [0.1, 0.15) is 49.8 Å². The molecule has 5 heteroatoms. The van der Waals surface area contributed by atoms with Crippen LogP contribution in [0.25, 0.3) is 0 Å². The van der Waals surface area contributed by atoms with Crippen molar-refractivity contribution in [1.82, 2.24) is 15.3 Å². The Morgan fingerprint density at radius 2 is 2.10 bits per heavy atom. The Kier molecular flexibility index (Phi) is 6.42. The lowest BCUT2D eigenvalue weighted by Crippen LogP contribution is -2.29. The Labute approximate surface area is 121 Å². The predicted octanol–water partition coefficient (Wildman–Crippen LogP) is 2.41. The number of amides is 1. The highest BCUT2D eigenvalue weighted by atomic mass is 16.1. The van der Waals surface area contributed by atoms with E-state index in [0.717, 1.165) is 25.1 Å². The summed E-state index contributed by atoms with van der Waals surface area (Å²) in [7, 11) is 1.96. The minimum absolute atomic E-state index is 0.130. The molecule has 0 atom stereocenters. The van der Waals surface area contributed by atoms with E-state index in [9.17, 15) is 4.79 Å². The smallest absolute Gasteiger partial charge is 0.270 e. The van der Waals surface area contributed by atoms with Crippen molar-refractivity contribution in [1.29, 1.82) is 0 Å². The maximum Gasteiger partial charge on any atom is 0.270 e. The normalized spacial score (nSPS) is 10.7. The van der Waals surface area contributed by atoms with Crippen LogP contribution in [-0.2, 0) is 0 Å². The van der Waals surface area contributed by atoms with Crippen LogP contribution >= 0.6 is 0 Å². The second kappa shape index (κ2) is 7.82. The molecule has 1 aromatic heterocycles. The number of hydrogen-bond acceptors (Lipinski definition) is 4. The molecule has 0 radical (unpaired) electrons. The molecular weight excluding hydrogens is 252 g/mol. The van der Waals surface area contributed by atoms with Gasteiger partial charge < -0.3 is 10.2 Å². The molecule has 0 aliphatic carbocycles. The fourth-order valence-corrected chi connectivity index (χ4v) is 1.72. The summed E-state index contributed by atoms with van der Waals surface area (Å²) < 4.78 is 0. The number of anilines is 1. The number of rotatable bonds is 7. The zero-order chi connectivity index (χ0) is 15.1. The van der Waals surface area contributed by atoms with Crippen molar-refractivity contribution in [3.05, 3.63) is 17.5 Å². The summed E-state index contributed by atoms with van der Waals surface area (Å²) in [5.74, 6) is 0.913.